The van der Waals surface area contributed by atoms with Crippen LogP contribution in [-0.2, 0) is 5.54 Å². The van der Waals surface area contributed by atoms with Gasteiger partial charge in [-0.1, -0.05) is 96.1 Å². The molecule has 7 nitrogen and oxygen atoms in total. The van der Waals surface area contributed by atoms with Gasteiger partial charge in [0.25, 0.3) is 0 Å². The summed E-state index contributed by atoms with van der Waals surface area (Å²) in [5.41, 5.74) is 11.1. The molecule has 0 spiro atoms. The Hall–Kier alpha value is -3.93. The van der Waals surface area contributed by atoms with Crippen LogP contribution in [0.1, 0.15) is 35.5 Å². The summed E-state index contributed by atoms with van der Waals surface area (Å²) in [6.07, 6.45) is 0.705. The van der Waals surface area contributed by atoms with Crippen molar-refractivity contribution in [3.63, 3.8) is 0 Å². The van der Waals surface area contributed by atoms with Gasteiger partial charge in [0, 0.05) is 4.91 Å². The van der Waals surface area contributed by atoms with Gasteiger partial charge in [-0.25, -0.2) is 9.67 Å². The molecular formula is C24H22N6O. The molecule has 0 aliphatic rings. The number of aliphatic hydroxyl groups excluding tert-OH is 1. The molecule has 0 amide bonds. The van der Waals surface area contributed by atoms with E-state index in [1.807, 2.05) is 54.6 Å². The molecule has 7 heteroatoms. The molecule has 0 bridgehead atoms. The summed E-state index contributed by atoms with van der Waals surface area (Å²) in [6, 6.07) is 29.3. The summed E-state index contributed by atoms with van der Waals surface area (Å²) in [5.74, 6) is 0.264. The Bertz CT molecular complexity index is 1070. The Morgan fingerprint density at radius 2 is 1.32 bits per heavy atom. The average Bonchev–Trinajstić information content (AvgIpc) is 3.30. The molecule has 1 heterocycles. The fourth-order valence-corrected chi connectivity index (χ4v) is 3.93. The van der Waals surface area contributed by atoms with Crippen LogP contribution >= 0.6 is 0 Å². The highest BCUT2D eigenvalue weighted by Gasteiger charge is 2.40. The van der Waals surface area contributed by atoms with Crippen LogP contribution in [0.2, 0.25) is 0 Å². The lowest BCUT2D eigenvalue weighted by Gasteiger charge is -2.36. The predicted molar refractivity (Wildman–Crippen MR) is 118 cm³/mol. The van der Waals surface area contributed by atoms with Crippen molar-refractivity contribution in [2.75, 3.05) is 0 Å². The van der Waals surface area contributed by atoms with Crippen LogP contribution in [-0.4, -0.2) is 26.0 Å². The van der Waals surface area contributed by atoms with Crippen molar-refractivity contribution < 1.29 is 5.11 Å². The van der Waals surface area contributed by atoms with Gasteiger partial charge in [0.1, 0.15) is 17.9 Å². The largest absolute Gasteiger partial charge is 0.393 e. The molecule has 1 N–H and O–H groups in total. The third kappa shape index (κ3) is 3.68. The summed E-state index contributed by atoms with van der Waals surface area (Å²) < 4.78 is 1.78. The molecule has 31 heavy (non-hydrogen) atoms. The normalized spacial score (nSPS) is 13.2. The van der Waals surface area contributed by atoms with E-state index in [1.165, 1.54) is 0 Å². The maximum Gasteiger partial charge on any atom is 0.162 e. The van der Waals surface area contributed by atoms with Gasteiger partial charge >= 0.3 is 0 Å². The molecule has 2 unspecified atom stereocenters. The van der Waals surface area contributed by atoms with Crippen molar-refractivity contribution >= 4 is 0 Å². The van der Waals surface area contributed by atoms with Gasteiger partial charge in [-0.15, -0.1) is 0 Å². The summed E-state index contributed by atoms with van der Waals surface area (Å²) in [5, 5.41) is 18.5. The number of aromatic nitrogens is 3. The van der Waals surface area contributed by atoms with Gasteiger partial charge in [-0.3, -0.25) is 0 Å². The maximum atomic E-state index is 10.1. The molecule has 0 radical (unpaired) electrons. The smallest absolute Gasteiger partial charge is 0.162 e. The number of nitrogens with zero attached hydrogens (tertiary/aromatic N) is 6. The van der Waals surface area contributed by atoms with Gasteiger partial charge in [-0.05, 0) is 29.1 Å². The minimum atomic E-state index is -0.925. The first-order valence-corrected chi connectivity index (χ1v) is 9.99. The Labute approximate surface area is 180 Å². The van der Waals surface area contributed by atoms with Crippen LogP contribution in [0.3, 0.4) is 0 Å². The van der Waals surface area contributed by atoms with Crippen LogP contribution in [0.15, 0.2) is 102 Å². The fourth-order valence-electron chi connectivity index (χ4n) is 3.93. The SMILES string of the molecule is CC(O)C(N=[N+]=[N-])c1ncn(C(c2ccccc2)(c2ccccc2)c2ccccc2)n1. The quantitative estimate of drug-likeness (QED) is 0.204. The van der Waals surface area contributed by atoms with Gasteiger partial charge in [0.15, 0.2) is 5.82 Å². The highest BCUT2D eigenvalue weighted by atomic mass is 16.3. The summed E-state index contributed by atoms with van der Waals surface area (Å²) in [4.78, 5) is 7.28. The van der Waals surface area contributed by atoms with E-state index in [9.17, 15) is 5.11 Å². The van der Waals surface area contributed by atoms with E-state index in [-0.39, 0.29) is 5.82 Å². The minimum Gasteiger partial charge on any atom is -0.393 e. The molecule has 2 atom stereocenters. The predicted octanol–water partition coefficient (Wildman–Crippen LogP) is 4.85. The van der Waals surface area contributed by atoms with Gasteiger partial charge in [0.05, 0.1) is 6.10 Å². The summed E-state index contributed by atoms with van der Waals surface area (Å²) in [6.45, 7) is 1.55. The zero-order valence-corrected chi connectivity index (χ0v) is 17.0. The highest BCUT2D eigenvalue weighted by molar-refractivity contribution is 5.50. The van der Waals surface area contributed by atoms with Crippen LogP contribution in [0.4, 0.5) is 0 Å². The Morgan fingerprint density at radius 1 is 0.871 bits per heavy atom. The summed E-state index contributed by atoms with van der Waals surface area (Å²) in [7, 11) is 0. The zero-order valence-electron chi connectivity index (χ0n) is 17.0. The highest BCUT2D eigenvalue weighted by Crippen LogP contribution is 2.40. The lowest BCUT2D eigenvalue weighted by molar-refractivity contribution is 0.160. The Kier molecular flexibility index (Phi) is 5.80. The number of aliphatic hydroxyl groups is 1. The van der Waals surface area contributed by atoms with E-state index >= 15 is 0 Å². The van der Waals surface area contributed by atoms with Crippen molar-refractivity contribution in [2.24, 2.45) is 5.11 Å². The van der Waals surface area contributed by atoms with Gasteiger partial charge < -0.3 is 5.11 Å². The number of azide groups is 1. The molecule has 0 aliphatic carbocycles. The van der Waals surface area contributed by atoms with Crippen molar-refractivity contribution in [3.8, 4) is 0 Å². The second-order valence-corrected chi connectivity index (χ2v) is 7.25. The molecule has 0 saturated carbocycles. The van der Waals surface area contributed by atoms with E-state index in [2.05, 4.69) is 51.4 Å². The van der Waals surface area contributed by atoms with E-state index in [4.69, 9.17) is 10.6 Å². The third-order valence-corrected chi connectivity index (χ3v) is 5.33. The first-order valence-electron chi connectivity index (χ1n) is 9.99. The standard InChI is InChI=1S/C24H22N6O/c1-18(31)22(27-29-25)23-26-17-30(28-23)24(19-11-5-2-6-12-19,20-13-7-3-8-14-20)21-15-9-4-10-16-21/h2-18,22,31H,1H3. The van der Waals surface area contributed by atoms with E-state index in [0.29, 0.717) is 0 Å². The third-order valence-electron chi connectivity index (χ3n) is 5.33. The van der Waals surface area contributed by atoms with Crippen LogP contribution in [0.25, 0.3) is 10.4 Å². The fraction of sp³-hybridized carbons (Fsp3) is 0.167. The first-order chi connectivity index (χ1) is 15.2. The minimum absolute atomic E-state index is 0.264. The zero-order chi connectivity index (χ0) is 21.7. The van der Waals surface area contributed by atoms with Crippen molar-refractivity contribution in [2.45, 2.75) is 24.6 Å². The van der Waals surface area contributed by atoms with E-state index in [1.54, 1.807) is 17.9 Å². The second-order valence-electron chi connectivity index (χ2n) is 7.25. The summed E-state index contributed by atoms with van der Waals surface area (Å²) >= 11 is 0. The van der Waals surface area contributed by atoms with Gasteiger partial charge in [0.2, 0.25) is 0 Å². The molecule has 3 aromatic carbocycles. The molecular weight excluding hydrogens is 388 g/mol. The van der Waals surface area contributed by atoms with E-state index < -0.39 is 17.7 Å². The Balaban J connectivity index is 2.03. The molecule has 0 fully saturated rings. The molecule has 4 rings (SSSR count). The van der Waals surface area contributed by atoms with Crippen LogP contribution in [0.5, 0.6) is 0 Å². The lowest BCUT2D eigenvalue weighted by Crippen LogP contribution is -2.38. The second kappa shape index (κ2) is 8.83. The van der Waals surface area contributed by atoms with Crippen molar-refractivity contribution in [3.05, 3.63) is 130 Å². The molecule has 154 valence electrons. The topological polar surface area (TPSA) is 99.7 Å². The molecule has 1 aromatic heterocycles. The number of rotatable bonds is 7. The van der Waals surface area contributed by atoms with Crippen molar-refractivity contribution in [1.29, 1.82) is 0 Å². The number of hydrogen-bond donors (Lipinski definition) is 1. The van der Waals surface area contributed by atoms with Crippen LogP contribution < -0.4 is 0 Å². The molecule has 0 saturated heterocycles. The van der Waals surface area contributed by atoms with Crippen LogP contribution in [0, 0.1) is 0 Å². The molecule has 4 aromatic rings. The number of hydrogen-bond acceptors (Lipinski definition) is 4. The lowest BCUT2D eigenvalue weighted by atomic mass is 9.77. The first kappa shape index (κ1) is 20.3. The van der Waals surface area contributed by atoms with E-state index in [0.717, 1.165) is 16.7 Å². The maximum absolute atomic E-state index is 10.1. The number of benzene rings is 3. The van der Waals surface area contributed by atoms with Gasteiger partial charge in [-0.2, -0.15) is 5.10 Å². The molecule has 0 aliphatic heterocycles. The Morgan fingerprint density at radius 3 is 1.71 bits per heavy atom. The monoisotopic (exact) mass is 410 g/mol. The average molecular weight is 410 g/mol. The van der Waals surface area contributed by atoms with Crippen molar-refractivity contribution in [1.82, 2.24) is 14.8 Å².